The van der Waals surface area contributed by atoms with E-state index in [2.05, 4.69) is 50.8 Å². The zero-order chi connectivity index (χ0) is 14.5. The van der Waals surface area contributed by atoms with E-state index in [-0.39, 0.29) is 18.3 Å². The number of nitrogens with zero attached hydrogens (tertiary/aromatic N) is 3. The Morgan fingerprint density at radius 2 is 1.80 bits per heavy atom. The summed E-state index contributed by atoms with van der Waals surface area (Å²) < 4.78 is 14.0. The molecule has 0 aliphatic carbocycles. The van der Waals surface area contributed by atoms with Gasteiger partial charge in [-0.05, 0) is 40.7 Å². The summed E-state index contributed by atoms with van der Waals surface area (Å²) >= 11 is 0. The summed E-state index contributed by atoms with van der Waals surface area (Å²) in [5.41, 5.74) is 2.17. The van der Waals surface area contributed by atoms with Gasteiger partial charge in [-0.3, -0.25) is 9.67 Å². The number of aromatic nitrogens is 3. The first-order chi connectivity index (χ1) is 9.34. The number of pyridine rings is 1. The molecule has 5 nitrogen and oxygen atoms in total. The lowest BCUT2D eigenvalue weighted by molar-refractivity contribution is 0.00578. The lowest BCUT2D eigenvalue weighted by atomic mass is 9.80. The van der Waals surface area contributed by atoms with Crippen LogP contribution >= 0.6 is 0 Å². The van der Waals surface area contributed by atoms with Crippen molar-refractivity contribution < 1.29 is 9.31 Å². The topological polar surface area (TPSA) is 49.2 Å². The molecule has 0 radical (unpaired) electrons. The van der Waals surface area contributed by atoms with Crippen molar-refractivity contribution in [2.45, 2.75) is 52.4 Å². The number of fused-ring (bicyclic) bond motifs is 1. The maximum atomic E-state index is 6.06. The highest BCUT2D eigenvalue weighted by Crippen LogP contribution is 2.36. The average molecular weight is 273 g/mol. The fraction of sp³-hybridized carbons (Fsp3) is 0.571. The van der Waals surface area contributed by atoms with E-state index in [1.807, 2.05) is 10.9 Å². The van der Waals surface area contributed by atoms with E-state index in [0.29, 0.717) is 0 Å². The minimum absolute atomic E-state index is 0.336. The predicted octanol–water partition coefficient (Wildman–Crippen LogP) is 1.75. The molecule has 2 aromatic heterocycles. The van der Waals surface area contributed by atoms with Gasteiger partial charge >= 0.3 is 7.12 Å². The zero-order valence-electron chi connectivity index (χ0n) is 12.7. The maximum Gasteiger partial charge on any atom is 0.496 e. The molecule has 2 aromatic rings. The van der Waals surface area contributed by atoms with E-state index in [1.165, 1.54) is 0 Å². The van der Waals surface area contributed by atoms with Crippen molar-refractivity contribution in [2.75, 3.05) is 0 Å². The SMILES string of the molecule is CCn1ncc2ncc(B3OC(C)(C)C(C)(C)O3)cc21. The zero-order valence-corrected chi connectivity index (χ0v) is 12.7. The van der Waals surface area contributed by atoms with Crippen LogP contribution in [0.4, 0.5) is 0 Å². The molecule has 0 spiro atoms. The quantitative estimate of drug-likeness (QED) is 0.782. The van der Waals surface area contributed by atoms with E-state index in [4.69, 9.17) is 9.31 Å². The number of aryl methyl sites for hydroxylation is 1. The van der Waals surface area contributed by atoms with Gasteiger partial charge in [0, 0.05) is 18.2 Å². The van der Waals surface area contributed by atoms with Gasteiger partial charge in [0.15, 0.2) is 0 Å². The first-order valence-electron chi connectivity index (χ1n) is 7.01. The number of rotatable bonds is 2. The summed E-state index contributed by atoms with van der Waals surface area (Å²) in [7, 11) is -0.378. The molecule has 0 amide bonds. The molecule has 0 unspecified atom stereocenters. The van der Waals surface area contributed by atoms with Crippen molar-refractivity contribution in [1.82, 2.24) is 14.8 Å². The molecule has 0 saturated carbocycles. The molecule has 0 N–H and O–H groups in total. The number of hydrogen-bond donors (Lipinski definition) is 0. The molecule has 1 saturated heterocycles. The van der Waals surface area contributed by atoms with Crippen LogP contribution in [0.2, 0.25) is 0 Å². The Bertz CT molecular complexity index is 635. The second-order valence-corrected chi connectivity index (χ2v) is 6.22. The highest BCUT2D eigenvalue weighted by atomic mass is 16.7. The Morgan fingerprint density at radius 3 is 2.40 bits per heavy atom. The van der Waals surface area contributed by atoms with Crippen LogP contribution in [-0.4, -0.2) is 33.1 Å². The van der Waals surface area contributed by atoms with Crippen LogP contribution in [0.5, 0.6) is 0 Å². The second kappa shape index (κ2) is 4.30. The molecule has 106 valence electrons. The molecule has 1 fully saturated rings. The maximum absolute atomic E-state index is 6.06. The summed E-state index contributed by atoms with van der Waals surface area (Å²) in [5, 5.41) is 4.31. The van der Waals surface area contributed by atoms with Crippen LogP contribution in [0.1, 0.15) is 34.6 Å². The van der Waals surface area contributed by atoms with E-state index >= 15 is 0 Å². The van der Waals surface area contributed by atoms with Gasteiger partial charge in [0.05, 0.1) is 22.9 Å². The minimum Gasteiger partial charge on any atom is -0.399 e. The molecular weight excluding hydrogens is 253 g/mol. The fourth-order valence-corrected chi connectivity index (χ4v) is 2.33. The van der Waals surface area contributed by atoms with Crippen LogP contribution in [0.25, 0.3) is 11.0 Å². The summed E-state index contributed by atoms with van der Waals surface area (Å²) in [6.07, 6.45) is 3.60. The summed E-state index contributed by atoms with van der Waals surface area (Å²) in [4.78, 5) is 4.45. The Kier molecular flexibility index (Phi) is 2.92. The molecular formula is C14H20BN3O2. The van der Waals surface area contributed by atoms with Crippen LogP contribution < -0.4 is 5.46 Å². The molecule has 0 bridgehead atoms. The van der Waals surface area contributed by atoms with Crippen molar-refractivity contribution >= 4 is 23.6 Å². The Labute approximate surface area is 119 Å². The first-order valence-corrected chi connectivity index (χ1v) is 7.01. The Hall–Kier alpha value is -1.40. The van der Waals surface area contributed by atoms with Gasteiger partial charge in [-0.15, -0.1) is 0 Å². The monoisotopic (exact) mass is 273 g/mol. The van der Waals surface area contributed by atoms with Gasteiger partial charge in [0.1, 0.15) is 5.52 Å². The molecule has 20 heavy (non-hydrogen) atoms. The predicted molar refractivity (Wildman–Crippen MR) is 78.9 cm³/mol. The van der Waals surface area contributed by atoms with Crippen LogP contribution in [0.3, 0.4) is 0 Å². The highest BCUT2D eigenvalue weighted by molar-refractivity contribution is 6.62. The third-order valence-electron chi connectivity index (χ3n) is 4.34. The van der Waals surface area contributed by atoms with E-state index < -0.39 is 0 Å². The summed E-state index contributed by atoms with van der Waals surface area (Å²) in [6.45, 7) is 11.1. The third kappa shape index (κ3) is 1.94. The lowest BCUT2D eigenvalue weighted by Crippen LogP contribution is -2.41. The van der Waals surface area contributed by atoms with Crippen molar-refractivity contribution in [3.63, 3.8) is 0 Å². The molecule has 0 aromatic carbocycles. The second-order valence-electron chi connectivity index (χ2n) is 6.22. The van der Waals surface area contributed by atoms with Gasteiger partial charge in [-0.1, -0.05) is 0 Å². The highest BCUT2D eigenvalue weighted by Gasteiger charge is 2.51. The van der Waals surface area contributed by atoms with Crippen molar-refractivity contribution in [1.29, 1.82) is 0 Å². The molecule has 1 aliphatic heterocycles. The van der Waals surface area contributed by atoms with Crippen molar-refractivity contribution in [3.05, 3.63) is 18.5 Å². The van der Waals surface area contributed by atoms with Gasteiger partial charge < -0.3 is 9.31 Å². The lowest BCUT2D eigenvalue weighted by Gasteiger charge is -2.32. The normalized spacial score (nSPS) is 20.8. The van der Waals surface area contributed by atoms with Crippen LogP contribution in [-0.2, 0) is 15.9 Å². The van der Waals surface area contributed by atoms with E-state index in [9.17, 15) is 0 Å². The third-order valence-corrected chi connectivity index (χ3v) is 4.34. The van der Waals surface area contributed by atoms with Crippen LogP contribution in [0, 0.1) is 0 Å². The van der Waals surface area contributed by atoms with E-state index in [0.717, 1.165) is 23.0 Å². The fourth-order valence-electron chi connectivity index (χ4n) is 2.33. The standard InChI is InChI=1S/C14H20BN3O2/c1-6-18-12-7-10(8-16-11(12)9-17-18)15-19-13(2,3)14(4,5)20-15/h7-9H,6H2,1-5H3. The molecule has 3 rings (SSSR count). The average Bonchev–Trinajstić information content (AvgIpc) is 2.87. The van der Waals surface area contributed by atoms with Crippen molar-refractivity contribution in [2.24, 2.45) is 0 Å². The van der Waals surface area contributed by atoms with Crippen LogP contribution in [0.15, 0.2) is 18.5 Å². The molecule has 3 heterocycles. The molecule has 6 heteroatoms. The smallest absolute Gasteiger partial charge is 0.399 e. The van der Waals surface area contributed by atoms with Gasteiger partial charge in [0.2, 0.25) is 0 Å². The van der Waals surface area contributed by atoms with Gasteiger partial charge in [0.25, 0.3) is 0 Å². The first kappa shape index (κ1) is 13.6. The minimum atomic E-state index is -0.378. The Balaban J connectivity index is 1.99. The largest absolute Gasteiger partial charge is 0.496 e. The van der Waals surface area contributed by atoms with E-state index in [1.54, 1.807) is 6.20 Å². The Morgan fingerprint density at radius 1 is 1.15 bits per heavy atom. The van der Waals surface area contributed by atoms with Gasteiger partial charge in [-0.25, -0.2) is 0 Å². The summed E-state index contributed by atoms with van der Waals surface area (Å²) in [5.74, 6) is 0. The molecule has 1 aliphatic rings. The van der Waals surface area contributed by atoms with Crippen molar-refractivity contribution in [3.8, 4) is 0 Å². The number of hydrogen-bond acceptors (Lipinski definition) is 4. The molecule has 0 atom stereocenters. The summed E-state index contributed by atoms with van der Waals surface area (Å²) in [6, 6.07) is 2.06. The van der Waals surface area contributed by atoms with Gasteiger partial charge in [-0.2, -0.15) is 5.10 Å².